The number of carbonyl (C=O) groups is 1. The first-order chi connectivity index (χ1) is 14.0. The quantitative estimate of drug-likeness (QED) is 0.346. The molecule has 0 saturated carbocycles. The van der Waals surface area contributed by atoms with Crippen LogP contribution in [0.5, 0.6) is 5.75 Å². The number of hydrogen-bond donors (Lipinski definition) is 4. The molecule has 150 valence electrons. The Kier molecular flexibility index (Phi) is 6.03. The largest absolute Gasteiger partial charge is 0.493 e. The second kappa shape index (κ2) is 8.83. The number of fused-ring (bicyclic) bond motifs is 1. The van der Waals surface area contributed by atoms with Crippen LogP contribution in [0.25, 0.3) is 10.8 Å². The summed E-state index contributed by atoms with van der Waals surface area (Å²) in [6.07, 6.45) is 1.52. The molecule has 0 radical (unpaired) electrons. The van der Waals surface area contributed by atoms with Gasteiger partial charge in [-0.1, -0.05) is 30.3 Å². The summed E-state index contributed by atoms with van der Waals surface area (Å²) < 4.78 is 5.66. The molecule has 0 aliphatic heterocycles. The number of ether oxygens (including phenoxy) is 1. The Bertz CT molecular complexity index is 1170. The van der Waals surface area contributed by atoms with Gasteiger partial charge in [-0.25, -0.2) is 15.3 Å². The van der Waals surface area contributed by atoms with Crippen molar-refractivity contribution in [3.63, 3.8) is 0 Å². The van der Waals surface area contributed by atoms with Crippen molar-refractivity contribution in [3.05, 3.63) is 62.8 Å². The third kappa shape index (κ3) is 4.67. The molecule has 29 heavy (non-hydrogen) atoms. The van der Waals surface area contributed by atoms with Crippen LogP contribution in [0.2, 0.25) is 0 Å². The van der Waals surface area contributed by atoms with Gasteiger partial charge < -0.3 is 10.1 Å². The highest BCUT2D eigenvalue weighted by Gasteiger charge is 2.15. The SMILES string of the molecule is CCOc1ccc2ccccc2c1C=NNC(=O)[C@H](C)Nc1n[nH]c(=O)[nH]c1=O. The average Bonchev–Trinajstić information content (AvgIpc) is 2.71. The number of nitrogens with zero attached hydrogens (tertiary/aromatic N) is 2. The topological polar surface area (TPSA) is 141 Å². The van der Waals surface area contributed by atoms with Crippen LogP contribution in [0, 0.1) is 0 Å². The molecule has 0 saturated heterocycles. The smallest absolute Gasteiger partial charge is 0.342 e. The molecule has 0 unspecified atom stereocenters. The standard InChI is InChI=1S/C19H20N6O4/c1-3-29-15-9-8-12-6-4-5-7-13(12)14(15)10-20-24-17(26)11(2)21-16-18(27)22-19(28)25-23-16/h4-11H,3H2,1-2H3,(H,21,23)(H,24,26)(H2,22,25,27,28)/t11-/m0/s1. The highest BCUT2D eigenvalue weighted by Crippen LogP contribution is 2.26. The minimum atomic E-state index is -0.828. The lowest BCUT2D eigenvalue weighted by Crippen LogP contribution is -2.38. The van der Waals surface area contributed by atoms with Gasteiger partial charge in [0.1, 0.15) is 11.8 Å². The molecule has 1 amide bonds. The summed E-state index contributed by atoms with van der Waals surface area (Å²) in [4.78, 5) is 36.9. The molecule has 10 nitrogen and oxygen atoms in total. The van der Waals surface area contributed by atoms with Crippen molar-refractivity contribution in [2.24, 2.45) is 5.10 Å². The zero-order valence-electron chi connectivity index (χ0n) is 15.9. The van der Waals surface area contributed by atoms with E-state index in [1.807, 2.05) is 48.3 Å². The van der Waals surface area contributed by atoms with Gasteiger partial charge in [-0.05, 0) is 30.7 Å². The molecule has 0 aliphatic rings. The maximum Gasteiger partial charge on any atom is 0.342 e. The zero-order chi connectivity index (χ0) is 20.8. The highest BCUT2D eigenvalue weighted by atomic mass is 16.5. The number of aromatic nitrogens is 3. The summed E-state index contributed by atoms with van der Waals surface area (Å²) >= 11 is 0. The van der Waals surface area contributed by atoms with Crippen molar-refractivity contribution in [1.82, 2.24) is 20.6 Å². The van der Waals surface area contributed by atoms with E-state index in [4.69, 9.17) is 4.74 Å². The molecule has 1 atom stereocenters. The van der Waals surface area contributed by atoms with Gasteiger partial charge in [0.25, 0.3) is 11.5 Å². The molecule has 3 rings (SSSR count). The summed E-state index contributed by atoms with van der Waals surface area (Å²) in [5, 5.41) is 14.2. The first kappa shape index (κ1) is 19.8. The maximum absolute atomic E-state index is 12.3. The minimum absolute atomic E-state index is 0.177. The third-order valence-corrected chi connectivity index (χ3v) is 4.06. The molecular weight excluding hydrogens is 376 g/mol. The van der Waals surface area contributed by atoms with Gasteiger partial charge >= 0.3 is 5.69 Å². The number of carbonyl (C=O) groups excluding carboxylic acids is 1. The molecule has 0 fully saturated rings. The van der Waals surface area contributed by atoms with E-state index < -0.39 is 23.2 Å². The first-order valence-corrected chi connectivity index (χ1v) is 8.92. The lowest BCUT2D eigenvalue weighted by molar-refractivity contribution is -0.121. The normalized spacial score (nSPS) is 12.1. The number of amides is 1. The number of H-pyrrole nitrogens is 2. The van der Waals surface area contributed by atoms with Gasteiger partial charge in [0.2, 0.25) is 5.82 Å². The van der Waals surface area contributed by atoms with Gasteiger partial charge in [0.05, 0.1) is 12.8 Å². The van der Waals surface area contributed by atoms with E-state index in [1.54, 1.807) is 0 Å². The monoisotopic (exact) mass is 396 g/mol. The Morgan fingerprint density at radius 1 is 1.28 bits per heavy atom. The molecule has 1 heterocycles. The minimum Gasteiger partial charge on any atom is -0.493 e. The first-order valence-electron chi connectivity index (χ1n) is 8.92. The Labute approximate surface area is 165 Å². The van der Waals surface area contributed by atoms with Crippen LogP contribution in [0.4, 0.5) is 5.82 Å². The number of benzene rings is 2. The number of rotatable bonds is 7. The second-order valence-corrected chi connectivity index (χ2v) is 6.09. The Morgan fingerprint density at radius 3 is 2.83 bits per heavy atom. The number of hydrazone groups is 1. The molecular formula is C19H20N6O4. The predicted molar refractivity (Wildman–Crippen MR) is 109 cm³/mol. The van der Waals surface area contributed by atoms with E-state index in [-0.39, 0.29) is 5.82 Å². The summed E-state index contributed by atoms with van der Waals surface area (Å²) in [6.45, 7) is 3.91. The van der Waals surface area contributed by atoms with Crippen LogP contribution in [-0.4, -0.2) is 40.0 Å². The Morgan fingerprint density at radius 2 is 2.07 bits per heavy atom. The van der Waals surface area contributed by atoms with Gasteiger partial charge in [-0.2, -0.15) is 5.10 Å². The fourth-order valence-corrected chi connectivity index (χ4v) is 2.66. The zero-order valence-corrected chi connectivity index (χ0v) is 15.9. The van der Waals surface area contributed by atoms with Gasteiger partial charge in [0, 0.05) is 5.56 Å². The van der Waals surface area contributed by atoms with E-state index in [9.17, 15) is 14.4 Å². The molecule has 10 heteroatoms. The second-order valence-electron chi connectivity index (χ2n) is 6.09. The summed E-state index contributed by atoms with van der Waals surface area (Å²) in [5.41, 5.74) is 1.70. The van der Waals surface area contributed by atoms with Crippen LogP contribution >= 0.6 is 0 Å². The summed E-state index contributed by atoms with van der Waals surface area (Å²) in [7, 11) is 0. The van der Waals surface area contributed by atoms with Crippen LogP contribution in [-0.2, 0) is 4.79 Å². The lowest BCUT2D eigenvalue weighted by Gasteiger charge is -2.12. The number of nitrogens with one attached hydrogen (secondary N) is 4. The van der Waals surface area contributed by atoms with Crippen LogP contribution in [0.1, 0.15) is 19.4 Å². The Balaban J connectivity index is 1.75. The molecule has 3 aromatic rings. The van der Waals surface area contributed by atoms with Crippen molar-refractivity contribution >= 4 is 28.7 Å². The van der Waals surface area contributed by atoms with Crippen LogP contribution in [0.3, 0.4) is 0 Å². The highest BCUT2D eigenvalue weighted by molar-refractivity contribution is 6.02. The molecule has 0 spiro atoms. The van der Waals surface area contributed by atoms with E-state index >= 15 is 0 Å². The lowest BCUT2D eigenvalue weighted by atomic mass is 10.0. The number of anilines is 1. The van der Waals surface area contributed by atoms with Gasteiger partial charge in [0.15, 0.2) is 0 Å². The third-order valence-electron chi connectivity index (χ3n) is 4.06. The van der Waals surface area contributed by atoms with Crippen LogP contribution in [0.15, 0.2) is 51.1 Å². The predicted octanol–water partition coefficient (Wildman–Crippen LogP) is 0.961. The number of hydrogen-bond acceptors (Lipinski definition) is 7. The molecule has 1 aromatic heterocycles. The van der Waals surface area contributed by atoms with Crippen molar-refractivity contribution < 1.29 is 9.53 Å². The average molecular weight is 396 g/mol. The maximum atomic E-state index is 12.3. The van der Waals surface area contributed by atoms with Gasteiger partial charge in [-0.15, -0.1) is 5.10 Å². The fourth-order valence-electron chi connectivity index (χ4n) is 2.66. The van der Waals surface area contributed by atoms with Gasteiger partial charge in [-0.3, -0.25) is 14.6 Å². The molecule has 2 aromatic carbocycles. The van der Waals surface area contributed by atoms with E-state index in [0.717, 1.165) is 16.3 Å². The molecule has 4 N–H and O–H groups in total. The Hall–Kier alpha value is -3.95. The summed E-state index contributed by atoms with van der Waals surface area (Å²) in [5.74, 6) is -0.0184. The summed E-state index contributed by atoms with van der Waals surface area (Å²) in [6, 6.07) is 10.7. The van der Waals surface area contributed by atoms with Crippen LogP contribution < -0.4 is 26.7 Å². The fraction of sp³-hybridized carbons (Fsp3) is 0.211. The number of aromatic amines is 2. The van der Waals surface area contributed by atoms with E-state index in [1.165, 1.54) is 13.1 Å². The van der Waals surface area contributed by atoms with E-state index in [2.05, 4.69) is 26.0 Å². The molecule has 0 bridgehead atoms. The van der Waals surface area contributed by atoms with Crippen molar-refractivity contribution in [1.29, 1.82) is 0 Å². The molecule has 0 aliphatic carbocycles. The van der Waals surface area contributed by atoms with Crippen molar-refractivity contribution in [3.8, 4) is 5.75 Å². The van der Waals surface area contributed by atoms with E-state index in [0.29, 0.717) is 12.4 Å². The van der Waals surface area contributed by atoms with Crippen molar-refractivity contribution in [2.45, 2.75) is 19.9 Å². The van der Waals surface area contributed by atoms with Crippen molar-refractivity contribution in [2.75, 3.05) is 11.9 Å².